The fraction of sp³-hybridized carbons (Fsp3) is 0.133. The summed E-state index contributed by atoms with van der Waals surface area (Å²) in [6, 6.07) is 11.1. The van der Waals surface area contributed by atoms with E-state index < -0.39 is 0 Å². The number of methoxy groups -OCH3 is 1. The van der Waals surface area contributed by atoms with E-state index in [0.717, 1.165) is 10.4 Å². The molecule has 0 aliphatic carbocycles. The second-order valence-corrected chi connectivity index (χ2v) is 4.63. The molecule has 0 N–H and O–H groups in total. The van der Waals surface area contributed by atoms with Crippen LogP contribution in [0.3, 0.4) is 0 Å². The summed E-state index contributed by atoms with van der Waals surface area (Å²) in [5.74, 6) is 5.34. The molecule has 1 heterocycles. The quantitative estimate of drug-likeness (QED) is 0.623. The summed E-state index contributed by atoms with van der Waals surface area (Å²) in [5, 5.41) is 1.94. The molecular formula is C15H12O2S. The summed E-state index contributed by atoms with van der Waals surface area (Å²) in [5.41, 5.74) is 1.65. The number of thiophene rings is 1. The normalized spacial score (nSPS) is 9.61. The number of benzene rings is 1. The molecule has 0 radical (unpaired) electrons. The van der Waals surface area contributed by atoms with Gasteiger partial charge in [0.1, 0.15) is 0 Å². The number of carbonyl (C=O) groups excluding carboxylic acids is 1. The Labute approximate surface area is 110 Å². The Bertz CT molecular complexity index is 571. The van der Waals surface area contributed by atoms with Crippen LogP contribution in [-0.2, 0) is 11.3 Å². The zero-order chi connectivity index (χ0) is 12.8. The van der Waals surface area contributed by atoms with Crippen LogP contribution in [0.1, 0.15) is 20.8 Å². The maximum Gasteiger partial charge on any atom is 0.236 e. The van der Waals surface area contributed by atoms with Crippen molar-refractivity contribution >= 4 is 17.1 Å². The van der Waals surface area contributed by atoms with Gasteiger partial charge in [-0.2, -0.15) is 0 Å². The van der Waals surface area contributed by atoms with Crippen LogP contribution in [-0.4, -0.2) is 12.9 Å². The monoisotopic (exact) mass is 256 g/mol. The molecule has 0 spiro atoms. The van der Waals surface area contributed by atoms with Crippen molar-refractivity contribution in [2.24, 2.45) is 0 Å². The lowest BCUT2D eigenvalue weighted by Gasteiger charge is -1.99. The fourth-order valence-electron chi connectivity index (χ4n) is 1.46. The van der Waals surface area contributed by atoms with Gasteiger partial charge in [-0.15, -0.1) is 11.3 Å². The first-order chi connectivity index (χ1) is 8.79. The minimum atomic E-state index is -0.160. The Morgan fingerprint density at radius 2 is 2.06 bits per heavy atom. The molecule has 2 aromatic rings. The van der Waals surface area contributed by atoms with Crippen molar-refractivity contribution in [3.63, 3.8) is 0 Å². The highest BCUT2D eigenvalue weighted by molar-refractivity contribution is 7.10. The highest BCUT2D eigenvalue weighted by Crippen LogP contribution is 2.08. The van der Waals surface area contributed by atoms with Crippen LogP contribution >= 0.6 is 11.3 Å². The molecule has 1 aromatic heterocycles. The molecular weight excluding hydrogens is 244 g/mol. The predicted molar refractivity (Wildman–Crippen MR) is 72.7 cm³/mol. The van der Waals surface area contributed by atoms with Crippen molar-refractivity contribution in [3.8, 4) is 11.8 Å². The lowest BCUT2D eigenvalue weighted by molar-refractivity contribution is 0.105. The van der Waals surface area contributed by atoms with Gasteiger partial charge in [0.2, 0.25) is 5.78 Å². The van der Waals surface area contributed by atoms with Gasteiger partial charge in [-0.1, -0.05) is 30.3 Å². The first-order valence-electron chi connectivity index (χ1n) is 5.47. The molecule has 0 unspecified atom stereocenters. The second-order valence-electron chi connectivity index (χ2n) is 3.69. The molecule has 0 aliphatic heterocycles. The number of rotatable bonds is 3. The van der Waals surface area contributed by atoms with Gasteiger partial charge >= 0.3 is 0 Å². The average molecular weight is 256 g/mol. The SMILES string of the molecule is COCc1ccc(C(=O)C#Cc2cccs2)cc1. The lowest BCUT2D eigenvalue weighted by atomic mass is 10.1. The topological polar surface area (TPSA) is 26.3 Å². The van der Waals surface area contributed by atoms with Crippen LogP contribution in [0.4, 0.5) is 0 Å². The van der Waals surface area contributed by atoms with Crippen LogP contribution in [0.2, 0.25) is 0 Å². The molecule has 0 fully saturated rings. The number of hydrogen-bond donors (Lipinski definition) is 0. The van der Waals surface area contributed by atoms with Crippen molar-refractivity contribution in [1.29, 1.82) is 0 Å². The first kappa shape index (κ1) is 12.6. The summed E-state index contributed by atoms with van der Waals surface area (Å²) in [6.07, 6.45) is 0. The lowest BCUT2D eigenvalue weighted by Crippen LogP contribution is -1.96. The third-order valence-electron chi connectivity index (χ3n) is 2.35. The molecule has 0 aliphatic rings. The Hall–Kier alpha value is -1.89. The van der Waals surface area contributed by atoms with Gasteiger partial charge in [0, 0.05) is 12.7 Å². The Morgan fingerprint density at radius 3 is 2.67 bits per heavy atom. The van der Waals surface area contributed by atoms with Crippen LogP contribution in [0, 0.1) is 11.8 Å². The molecule has 2 nitrogen and oxygen atoms in total. The maximum atomic E-state index is 11.8. The summed E-state index contributed by atoms with van der Waals surface area (Å²) >= 11 is 1.53. The highest BCUT2D eigenvalue weighted by atomic mass is 32.1. The number of carbonyl (C=O) groups is 1. The van der Waals surface area contributed by atoms with Gasteiger partial charge < -0.3 is 4.74 Å². The van der Waals surface area contributed by atoms with E-state index in [1.54, 1.807) is 19.2 Å². The predicted octanol–water partition coefficient (Wildman–Crippen LogP) is 3.13. The van der Waals surface area contributed by atoms with Gasteiger partial charge in [-0.25, -0.2) is 0 Å². The number of hydrogen-bond acceptors (Lipinski definition) is 3. The molecule has 3 heteroatoms. The van der Waals surface area contributed by atoms with Crippen molar-refractivity contribution in [3.05, 3.63) is 57.8 Å². The molecule has 0 bridgehead atoms. The third-order valence-corrected chi connectivity index (χ3v) is 3.13. The van der Waals surface area contributed by atoms with E-state index in [0.29, 0.717) is 12.2 Å². The van der Waals surface area contributed by atoms with Gasteiger partial charge in [0.25, 0.3) is 0 Å². The number of ether oxygens (including phenoxy) is 1. The van der Waals surface area contributed by atoms with Gasteiger partial charge in [-0.05, 0) is 28.9 Å². The second kappa shape index (κ2) is 6.15. The van der Waals surface area contributed by atoms with E-state index in [4.69, 9.17) is 4.74 Å². The summed E-state index contributed by atoms with van der Waals surface area (Å²) in [7, 11) is 1.64. The van der Waals surface area contributed by atoms with Crippen LogP contribution in [0.15, 0.2) is 41.8 Å². The summed E-state index contributed by atoms with van der Waals surface area (Å²) in [4.78, 5) is 12.7. The summed E-state index contributed by atoms with van der Waals surface area (Å²) in [6.45, 7) is 0.551. The van der Waals surface area contributed by atoms with Crippen LogP contribution in [0.5, 0.6) is 0 Å². The largest absolute Gasteiger partial charge is 0.380 e. The molecule has 0 atom stereocenters. The smallest absolute Gasteiger partial charge is 0.236 e. The zero-order valence-electron chi connectivity index (χ0n) is 9.97. The van der Waals surface area contributed by atoms with E-state index in [-0.39, 0.29) is 5.78 Å². The summed E-state index contributed by atoms with van der Waals surface area (Å²) < 4.78 is 5.01. The van der Waals surface area contributed by atoms with E-state index in [2.05, 4.69) is 11.8 Å². The molecule has 0 saturated heterocycles. The van der Waals surface area contributed by atoms with Crippen molar-refractivity contribution in [2.45, 2.75) is 6.61 Å². The van der Waals surface area contributed by atoms with Gasteiger partial charge in [-0.3, -0.25) is 4.79 Å². The van der Waals surface area contributed by atoms with E-state index in [1.165, 1.54) is 11.3 Å². The van der Waals surface area contributed by atoms with Crippen molar-refractivity contribution < 1.29 is 9.53 Å². The zero-order valence-corrected chi connectivity index (χ0v) is 10.8. The minimum Gasteiger partial charge on any atom is -0.380 e. The Morgan fingerprint density at radius 1 is 1.28 bits per heavy atom. The average Bonchev–Trinajstić information content (AvgIpc) is 2.90. The van der Waals surface area contributed by atoms with E-state index in [9.17, 15) is 4.79 Å². The number of ketones is 1. The number of Topliss-reactive ketones (excluding diaryl/α,β-unsaturated/α-hetero) is 1. The molecule has 1 aromatic carbocycles. The fourth-order valence-corrected chi connectivity index (χ4v) is 2.03. The van der Waals surface area contributed by atoms with E-state index >= 15 is 0 Å². The van der Waals surface area contributed by atoms with Crippen molar-refractivity contribution in [1.82, 2.24) is 0 Å². The molecule has 2 rings (SSSR count). The molecule has 90 valence electrons. The van der Waals surface area contributed by atoms with Crippen molar-refractivity contribution in [2.75, 3.05) is 7.11 Å². The van der Waals surface area contributed by atoms with Gasteiger partial charge in [0.05, 0.1) is 11.5 Å². The van der Waals surface area contributed by atoms with Crippen LogP contribution < -0.4 is 0 Å². The Balaban J connectivity index is 2.09. The molecule has 18 heavy (non-hydrogen) atoms. The molecule has 0 saturated carbocycles. The standard InChI is InChI=1S/C15H12O2S/c1-17-11-12-4-6-13(7-5-12)15(16)9-8-14-3-2-10-18-14/h2-7,10H,11H2,1H3. The highest BCUT2D eigenvalue weighted by Gasteiger charge is 2.01. The maximum absolute atomic E-state index is 11.8. The molecule has 0 amide bonds. The van der Waals surface area contributed by atoms with Crippen LogP contribution in [0.25, 0.3) is 0 Å². The van der Waals surface area contributed by atoms with E-state index in [1.807, 2.05) is 29.6 Å². The van der Waals surface area contributed by atoms with Gasteiger partial charge in [0.15, 0.2) is 0 Å². The third kappa shape index (κ3) is 3.30. The minimum absolute atomic E-state index is 0.160. The first-order valence-corrected chi connectivity index (χ1v) is 6.35. The Kier molecular flexibility index (Phi) is 4.30.